The summed E-state index contributed by atoms with van der Waals surface area (Å²) in [7, 11) is 1.93. The molecule has 16 heavy (non-hydrogen) atoms. The molecule has 1 heterocycles. The normalized spacial score (nSPS) is 10.6. The molecule has 0 bridgehead atoms. The summed E-state index contributed by atoms with van der Waals surface area (Å²) in [5.41, 5.74) is 7.75. The van der Waals surface area contributed by atoms with Crippen molar-refractivity contribution in [3.63, 3.8) is 0 Å². The Morgan fingerprint density at radius 2 is 2.31 bits per heavy atom. The molecule has 0 amide bonds. The molecule has 0 aliphatic heterocycles. The summed E-state index contributed by atoms with van der Waals surface area (Å²) in [5.74, 6) is 0.837. The van der Waals surface area contributed by atoms with Gasteiger partial charge < -0.3 is 10.3 Å². The maximum atomic E-state index is 5.81. The highest BCUT2D eigenvalue weighted by molar-refractivity contribution is 9.10. The van der Waals surface area contributed by atoms with Crippen LogP contribution in [0.5, 0.6) is 0 Å². The summed E-state index contributed by atoms with van der Waals surface area (Å²) in [4.78, 5) is 0. The smallest absolute Gasteiger partial charge is 0.191 e. The van der Waals surface area contributed by atoms with Gasteiger partial charge in [-0.25, -0.2) is 0 Å². The molecule has 0 saturated heterocycles. The first-order chi connectivity index (χ1) is 7.66. The van der Waals surface area contributed by atoms with Crippen LogP contribution in [0.15, 0.2) is 34.2 Å². The van der Waals surface area contributed by atoms with Gasteiger partial charge in [-0.15, -0.1) is 10.2 Å². The highest BCUT2D eigenvalue weighted by Gasteiger charge is 2.03. The fraction of sp³-hybridized carbons (Fsp3) is 0.200. The van der Waals surface area contributed by atoms with E-state index in [9.17, 15) is 0 Å². The van der Waals surface area contributed by atoms with Gasteiger partial charge in [0.15, 0.2) is 5.16 Å². The van der Waals surface area contributed by atoms with Gasteiger partial charge >= 0.3 is 0 Å². The van der Waals surface area contributed by atoms with Crippen LogP contribution in [-0.4, -0.2) is 14.8 Å². The van der Waals surface area contributed by atoms with E-state index in [1.165, 1.54) is 5.56 Å². The van der Waals surface area contributed by atoms with E-state index in [4.69, 9.17) is 5.73 Å². The Morgan fingerprint density at radius 3 is 2.94 bits per heavy atom. The molecule has 0 aliphatic carbocycles. The second kappa shape index (κ2) is 4.88. The zero-order valence-corrected chi connectivity index (χ0v) is 11.1. The van der Waals surface area contributed by atoms with Gasteiger partial charge in [0.2, 0.25) is 0 Å². The van der Waals surface area contributed by atoms with Crippen LogP contribution >= 0.6 is 27.7 Å². The van der Waals surface area contributed by atoms with Gasteiger partial charge in [-0.3, -0.25) is 0 Å². The number of rotatable bonds is 3. The average Bonchev–Trinajstić information content (AvgIpc) is 2.66. The number of hydrogen-bond acceptors (Lipinski definition) is 4. The van der Waals surface area contributed by atoms with Crippen molar-refractivity contribution in [2.75, 3.05) is 5.73 Å². The van der Waals surface area contributed by atoms with Crippen LogP contribution in [0.1, 0.15) is 5.56 Å². The number of aromatic nitrogens is 3. The van der Waals surface area contributed by atoms with Gasteiger partial charge in [0.05, 0.1) is 0 Å². The minimum atomic E-state index is 0.760. The molecule has 2 aromatic rings. The van der Waals surface area contributed by atoms with Crippen LogP contribution in [0.2, 0.25) is 0 Å². The van der Waals surface area contributed by atoms with Crippen molar-refractivity contribution in [1.29, 1.82) is 0 Å². The summed E-state index contributed by atoms with van der Waals surface area (Å²) in [6, 6.07) is 5.97. The molecule has 0 saturated carbocycles. The largest absolute Gasteiger partial charge is 0.398 e. The first-order valence-corrected chi connectivity index (χ1v) is 6.45. The van der Waals surface area contributed by atoms with Gasteiger partial charge in [0.25, 0.3) is 0 Å². The van der Waals surface area contributed by atoms with Crippen molar-refractivity contribution in [3.05, 3.63) is 34.6 Å². The molecule has 0 radical (unpaired) electrons. The van der Waals surface area contributed by atoms with Crippen molar-refractivity contribution in [2.45, 2.75) is 10.9 Å². The molecule has 84 valence electrons. The van der Waals surface area contributed by atoms with E-state index in [2.05, 4.69) is 26.1 Å². The Balaban J connectivity index is 2.05. The van der Waals surface area contributed by atoms with Gasteiger partial charge in [-0.05, 0) is 33.6 Å². The van der Waals surface area contributed by atoms with Crippen molar-refractivity contribution in [1.82, 2.24) is 14.8 Å². The predicted octanol–water partition coefficient (Wildman–Crippen LogP) is 2.45. The third kappa shape index (κ3) is 2.56. The number of hydrogen-bond donors (Lipinski definition) is 1. The van der Waals surface area contributed by atoms with Gasteiger partial charge in [-0.1, -0.05) is 17.8 Å². The highest BCUT2D eigenvalue weighted by Crippen LogP contribution is 2.25. The SMILES string of the molecule is Cn1cnnc1SCc1ccc(Br)c(N)c1. The maximum Gasteiger partial charge on any atom is 0.191 e. The van der Waals surface area contributed by atoms with E-state index in [-0.39, 0.29) is 0 Å². The van der Waals surface area contributed by atoms with Gasteiger partial charge in [-0.2, -0.15) is 0 Å². The Labute approximate surface area is 106 Å². The van der Waals surface area contributed by atoms with Crippen molar-refractivity contribution in [2.24, 2.45) is 7.05 Å². The minimum absolute atomic E-state index is 0.760. The van der Waals surface area contributed by atoms with E-state index >= 15 is 0 Å². The minimum Gasteiger partial charge on any atom is -0.398 e. The average molecular weight is 299 g/mol. The number of aryl methyl sites for hydroxylation is 1. The Kier molecular flexibility index (Phi) is 3.50. The molecule has 2 N–H and O–H groups in total. The quantitative estimate of drug-likeness (QED) is 0.698. The Bertz CT molecular complexity index is 497. The number of thioether (sulfide) groups is 1. The van der Waals surface area contributed by atoms with Crippen LogP contribution < -0.4 is 5.73 Å². The van der Waals surface area contributed by atoms with Crippen molar-refractivity contribution in [3.8, 4) is 0 Å². The van der Waals surface area contributed by atoms with E-state index < -0.39 is 0 Å². The fourth-order valence-electron chi connectivity index (χ4n) is 1.23. The summed E-state index contributed by atoms with van der Waals surface area (Å²) >= 11 is 5.01. The van der Waals surface area contributed by atoms with Crippen LogP contribution in [0, 0.1) is 0 Å². The molecule has 0 aliphatic rings. The molecular weight excluding hydrogens is 288 g/mol. The molecular formula is C10H11BrN4S. The molecule has 0 atom stereocenters. The van der Waals surface area contributed by atoms with E-state index in [1.807, 2.05) is 29.8 Å². The Hall–Kier alpha value is -1.01. The lowest BCUT2D eigenvalue weighted by Gasteiger charge is -2.03. The van der Waals surface area contributed by atoms with Crippen LogP contribution in [0.25, 0.3) is 0 Å². The summed E-state index contributed by atoms with van der Waals surface area (Å²) in [6.45, 7) is 0. The first-order valence-electron chi connectivity index (χ1n) is 4.67. The van der Waals surface area contributed by atoms with E-state index in [0.29, 0.717) is 0 Å². The molecule has 2 rings (SSSR count). The van der Waals surface area contributed by atoms with Crippen molar-refractivity contribution >= 4 is 33.4 Å². The Morgan fingerprint density at radius 1 is 1.50 bits per heavy atom. The highest BCUT2D eigenvalue weighted by atomic mass is 79.9. The maximum absolute atomic E-state index is 5.81. The number of nitrogens with two attached hydrogens (primary N) is 1. The summed E-state index contributed by atoms with van der Waals surface area (Å²) < 4.78 is 2.83. The van der Waals surface area contributed by atoms with E-state index in [0.717, 1.165) is 21.1 Å². The lowest BCUT2D eigenvalue weighted by Crippen LogP contribution is -1.92. The molecule has 6 heteroatoms. The van der Waals surface area contributed by atoms with Crippen molar-refractivity contribution < 1.29 is 0 Å². The topological polar surface area (TPSA) is 56.7 Å². The zero-order valence-electron chi connectivity index (χ0n) is 8.72. The second-order valence-corrected chi connectivity index (χ2v) is 5.17. The fourth-order valence-corrected chi connectivity index (χ4v) is 2.31. The first kappa shape index (κ1) is 11.5. The number of nitrogens with zero attached hydrogens (tertiary/aromatic N) is 3. The lowest BCUT2D eigenvalue weighted by molar-refractivity contribution is 0.788. The summed E-state index contributed by atoms with van der Waals surface area (Å²) in [6.07, 6.45) is 1.69. The third-order valence-corrected chi connectivity index (χ3v) is 3.93. The standard InChI is InChI=1S/C10H11BrN4S/c1-15-6-13-14-10(15)16-5-7-2-3-8(11)9(12)4-7/h2-4,6H,5,12H2,1H3. The zero-order chi connectivity index (χ0) is 11.5. The number of halogens is 1. The summed E-state index contributed by atoms with van der Waals surface area (Å²) in [5, 5.41) is 8.74. The van der Waals surface area contributed by atoms with E-state index in [1.54, 1.807) is 18.1 Å². The molecule has 0 spiro atoms. The van der Waals surface area contributed by atoms with Gasteiger partial charge in [0, 0.05) is 23.0 Å². The van der Waals surface area contributed by atoms with Crippen LogP contribution in [0.3, 0.4) is 0 Å². The second-order valence-electron chi connectivity index (χ2n) is 3.37. The monoisotopic (exact) mass is 298 g/mol. The molecule has 0 unspecified atom stereocenters. The molecule has 1 aromatic carbocycles. The number of anilines is 1. The van der Waals surface area contributed by atoms with Gasteiger partial charge in [0.1, 0.15) is 6.33 Å². The predicted molar refractivity (Wildman–Crippen MR) is 69.1 cm³/mol. The van der Waals surface area contributed by atoms with Crippen LogP contribution in [0.4, 0.5) is 5.69 Å². The lowest BCUT2D eigenvalue weighted by atomic mass is 10.2. The third-order valence-electron chi connectivity index (χ3n) is 2.10. The van der Waals surface area contributed by atoms with Crippen LogP contribution in [-0.2, 0) is 12.8 Å². The molecule has 4 nitrogen and oxygen atoms in total. The number of benzene rings is 1. The molecule has 0 fully saturated rings. The molecule has 1 aromatic heterocycles. The number of nitrogen functional groups attached to an aromatic ring is 1.